The third-order valence-corrected chi connectivity index (χ3v) is 3.63. The molecule has 1 aromatic rings. The monoisotopic (exact) mass is 252 g/mol. The van der Waals surface area contributed by atoms with Crippen LogP contribution in [0, 0.1) is 5.92 Å². The molecular formula is C15H28N2O. The van der Waals surface area contributed by atoms with Gasteiger partial charge in [-0.05, 0) is 38.9 Å². The van der Waals surface area contributed by atoms with E-state index in [4.69, 9.17) is 4.42 Å². The molecule has 0 aromatic carbocycles. The Kier molecular flexibility index (Phi) is 6.44. The Morgan fingerprint density at radius 3 is 2.67 bits per heavy atom. The minimum absolute atomic E-state index is 0.580. The fourth-order valence-corrected chi connectivity index (χ4v) is 1.96. The standard InChI is InChI=1S/C15H28N2O/c1-6-8-16-10-15-14(7-9-18-15)11-17(5)13(4)12(2)3/h7,9,12-13,16H,6,8,10-11H2,1-5H3. The van der Waals surface area contributed by atoms with E-state index in [1.54, 1.807) is 6.26 Å². The summed E-state index contributed by atoms with van der Waals surface area (Å²) in [6.07, 6.45) is 2.95. The van der Waals surface area contributed by atoms with E-state index < -0.39 is 0 Å². The molecule has 0 radical (unpaired) electrons. The van der Waals surface area contributed by atoms with Crippen molar-refractivity contribution in [1.82, 2.24) is 10.2 Å². The SMILES string of the molecule is CCCNCc1occc1CN(C)C(C)C(C)C. The average Bonchev–Trinajstić information content (AvgIpc) is 2.76. The second-order valence-corrected chi connectivity index (χ2v) is 5.45. The van der Waals surface area contributed by atoms with E-state index in [9.17, 15) is 0 Å². The Morgan fingerprint density at radius 2 is 2.06 bits per heavy atom. The smallest absolute Gasteiger partial charge is 0.122 e. The average molecular weight is 252 g/mol. The molecule has 104 valence electrons. The van der Waals surface area contributed by atoms with Gasteiger partial charge >= 0.3 is 0 Å². The molecule has 3 nitrogen and oxygen atoms in total. The molecule has 1 N–H and O–H groups in total. The lowest BCUT2D eigenvalue weighted by atomic mass is 10.0. The molecule has 0 fully saturated rings. The van der Waals surface area contributed by atoms with Gasteiger partial charge in [-0.1, -0.05) is 20.8 Å². The van der Waals surface area contributed by atoms with Crippen LogP contribution >= 0.6 is 0 Å². The summed E-state index contributed by atoms with van der Waals surface area (Å²) in [5.74, 6) is 1.75. The first-order valence-electron chi connectivity index (χ1n) is 7.02. The highest BCUT2D eigenvalue weighted by atomic mass is 16.3. The van der Waals surface area contributed by atoms with Crippen LogP contribution in [0.2, 0.25) is 0 Å². The Bertz CT molecular complexity index is 333. The fraction of sp³-hybridized carbons (Fsp3) is 0.733. The summed E-state index contributed by atoms with van der Waals surface area (Å²) in [6, 6.07) is 2.67. The van der Waals surface area contributed by atoms with Gasteiger partial charge in [0.05, 0.1) is 12.8 Å². The minimum Gasteiger partial charge on any atom is -0.468 e. The number of nitrogens with one attached hydrogen (secondary N) is 1. The highest BCUT2D eigenvalue weighted by Gasteiger charge is 2.15. The van der Waals surface area contributed by atoms with E-state index in [0.29, 0.717) is 12.0 Å². The largest absolute Gasteiger partial charge is 0.468 e. The van der Waals surface area contributed by atoms with Crippen molar-refractivity contribution in [3.05, 3.63) is 23.7 Å². The zero-order valence-electron chi connectivity index (χ0n) is 12.5. The summed E-state index contributed by atoms with van der Waals surface area (Å²) in [5.41, 5.74) is 1.30. The van der Waals surface area contributed by atoms with Gasteiger partial charge < -0.3 is 9.73 Å². The molecule has 1 aromatic heterocycles. The lowest BCUT2D eigenvalue weighted by Gasteiger charge is -2.27. The quantitative estimate of drug-likeness (QED) is 0.720. The molecule has 3 heteroatoms. The maximum atomic E-state index is 5.56. The van der Waals surface area contributed by atoms with E-state index >= 15 is 0 Å². The van der Waals surface area contributed by atoms with Gasteiger partial charge in [-0.25, -0.2) is 0 Å². The second kappa shape index (κ2) is 7.59. The molecule has 0 spiro atoms. The molecule has 1 unspecified atom stereocenters. The zero-order chi connectivity index (χ0) is 13.5. The zero-order valence-corrected chi connectivity index (χ0v) is 12.5. The Balaban J connectivity index is 2.53. The highest BCUT2D eigenvalue weighted by molar-refractivity contribution is 5.16. The third kappa shape index (κ3) is 4.46. The number of nitrogens with zero attached hydrogens (tertiary/aromatic N) is 1. The number of hydrogen-bond donors (Lipinski definition) is 1. The molecule has 0 saturated heterocycles. The number of hydrogen-bond acceptors (Lipinski definition) is 3. The van der Waals surface area contributed by atoms with Gasteiger partial charge in [0, 0.05) is 18.2 Å². The first kappa shape index (κ1) is 15.3. The van der Waals surface area contributed by atoms with Crippen molar-refractivity contribution in [3.63, 3.8) is 0 Å². The number of rotatable bonds is 8. The lowest BCUT2D eigenvalue weighted by Crippen LogP contribution is -2.33. The Hall–Kier alpha value is -0.800. The van der Waals surface area contributed by atoms with Gasteiger partial charge in [0.2, 0.25) is 0 Å². The fourth-order valence-electron chi connectivity index (χ4n) is 1.96. The van der Waals surface area contributed by atoms with Crippen LogP contribution in [-0.2, 0) is 13.1 Å². The van der Waals surface area contributed by atoms with E-state index in [-0.39, 0.29) is 0 Å². The van der Waals surface area contributed by atoms with Crippen LogP contribution in [0.3, 0.4) is 0 Å². The summed E-state index contributed by atoms with van der Waals surface area (Å²) >= 11 is 0. The van der Waals surface area contributed by atoms with Gasteiger partial charge in [0.1, 0.15) is 5.76 Å². The first-order chi connectivity index (χ1) is 8.56. The van der Waals surface area contributed by atoms with Gasteiger partial charge in [0.15, 0.2) is 0 Å². The summed E-state index contributed by atoms with van der Waals surface area (Å²) in [5, 5.41) is 3.39. The predicted molar refractivity (Wildman–Crippen MR) is 76.5 cm³/mol. The highest BCUT2D eigenvalue weighted by Crippen LogP contribution is 2.16. The van der Waals surface area contributed by atoms with Gasteiger partial charge in [0.25, 0.3) is 0 Å². The molecule has 1 heterocycles. The molecule has 0 amide bonds. The van der Waals surface area contributed by atoms with Crippen LogP contribution in [0.4, 0.5) is 0 Å². The molecule has 0 aliphatic heterocycles. The van der Waals surface area contributed by atoms with Crippen molar-refractivity contribution >= 4 is 0 Å². The van der Waals surface area contributed by atoms with Gasteiger partial charge in [-0.15, -0.1) is 0 Å². The van der Waals surface area contributed by atoms with E-state index in [1.807, 2.05) is 0 Å². The molecule has 18 heavy (non-hydrogen) atoms. The van der Waals surface area contributed by atoms with Crippen molar-refractivity contribution in [1.29, 1.82) is 0 Å². The van der Waals surface area contributed by atoms with Crippen LogP contribution in [0.5, 0.6) is 0 Å². The van der Waals surface area contributed by atoms with Gasteiger partial charge in [-0.2, -0.15) is 0 Å². The molecule has 0 bridgehead atoms. The summed E-state index contributed by atoms with van der Waals surface area (Å²) in [6.45, 7) is 11.8. The topological polar surface area (TPSA) is 28.4 Å². The normalized spacial score (nSPS) is 13.5. The molecular weight excluding hydrogens is 224 g/mol. The van der Waals surface area contributed by atoms with Crippen molar-refractivity contribution < 1.29 is 4.42 Å². The lowest BCUT2D eigenvalue weighted by molar-refractivity contribution is 0.199. The molecule has 0 saturated carbocycles. The van der Waals surface area contributed by atoms with Crippen molar-refractivity contribution in [2.45, 2.75) is 53.2 Å². The maximum absolute atomic E-state index is 5.56. The minimum atomic E-state index is 0.580. The predicted octanol–water partition coefficient (Wildman–Crippen LogP) is 3.26. The third-order valence-electron chi connectivity index (χ3n) is 3.63. The summed E-state index contributed by atoms with van der Waals surface area (Å²) in [7, 11) is 2.18. The van der Waals surface area contributed by atoms with E-state index in [2.05, 4.69) is 51.0 Å². The van der Waals surface area contributed by atoms with Crippen molar-refractivity contribution in [2.75, 3.05) is 13.6 Å². The van der Waals surface area contributed by atoms with Crippen LogP contribution in [-0.4, -0.2) is 24.5 Å². The van der Waals surface area contributed by atoms with Crippen LogP contribution < -0.4 is 5.32 Å². The summed E-state index contributed by atoms with van der Waals surface area (Å²) in [4.78, 5) is 2.39. The molecule has 1 rings (SSSR count). The van der Waals surface area contributed by atoms with Crippen molar-refractivity contribution in [3.8, 4) is 0 Å². The first-order valence-corrected chi connectivity index (χ1v) is 7.02. The maximum Gasteiger partial charge on any atom is 0.122 e. The van der Waals surface area contributed by atoms with Crippen molar-refractivity contribution in [2.24, 2.45) is 5.92 Å². The molecule has 0 aliphatic carbocycles. The van der Waals surface area contributed by atoms with Crippen LogP contribution in [0.1, 0.15) is 45.4 Å². The Labute approximate surface area is 112 Å². The molecule has 0 aliphatic rings. The van der Waals surface area contributed by atoms with E-state index in [1.165, 1.54) is 5.56 Å². The van der Waals surface area contributed by atoms with Crippen LogP contribution in [0.15, 0.2) is 16.7 Å². The summed E-state index contributed by atoms with van der Waals surface area (Å²) < 4.78 is 5.56. The van der Waals surface area contributed by atoms with Gasteiger partial charge in [-0.3, -0.25) is 4.90 Å². The second-order valence-electron chi connectivity index (χ2n) is 5.45. The van der Waals surface area contributed by atoms with E-state index in [0.717, 1.165) is 31.8 Å². The van der Waals surface area contributed by atoms with Crippen LogP contribution in [0.25, 0.3) is 0 Å². The molecule has 1 atom stereocenters. The number of furan rings is 1. The Morgan fingerprint density at radius 1 is 1.33 bits per heavy atom.